The lowest BCUT2D eigenvalue weighted by molar-refractivity contribution is 0.512. The molecule has 0 aliphatic carbocycles. The van der Waals surface area contributed by atoms with E-state index in [-0.39, 0.29) is 0 Å². The van der Waals surface area contributed by atoms with Crippen molar-refractivity contribution in [3.8, 4) is 5.69 Å². The molecule has 96 valence electrons. The van der Waals surface area contributed by atoms with Crippen LogP contribution in [-0.4, -0.2) is 25.2 Å². The molecule has 2 aromatic heterocycles. The minimum Gasteiger partial charge on any atom is -0.447 e. The van der Waals surface area contributed by atoms with Crippen LogP contribution in [0.4, 0.5) is 5.69 Å². The SMILES string of the molecule is Cc1nnnn1-c1cccc(NCc2cnco2)c1. The lowest BCUT2D eigenvalue weighted by Gasteiger charge is -2.07. The van der Waals surface area contributed by atoms with Gasteiger partial charge in [-0.15, -0.1) is 5.10 Å². The van der Waals surface area contributed by atoms with Crippen LogP contribution >= 0.6 is 0 Å². The van der Waals surface area contributed by atoms with Crippen LogP contribution in [0.5, 0.6) is 0 Å². The fourth-order valence-electron chi connectivity index (χ4n) is 1.74. The fraction of sp³-hybridized carbons (Fsp3) is 0.167. The molecular formula is C12H12N6O. The van der Waals surface area contributed by atoms with Crippen LogP contribution in [-0.2, 0) is 6.54 Å². The van der Waals surface area contributed by atoms with E-state index >= 15 is 0 Å². The Morgan fingerprint density at radius 1 is 1.37 bits per heavy atom. The maximum atomic E-state index is 5.17. The number of benzene rings is 1. The minimum absolute atomic E-state index is 0.581. The second-order valence-corrected chi connectivity index (χ2v) is 4.01. The molecule has 1 N–H and O–H groups in total. The largest absolute Gasteiger partial charge is 0.447 e. The van der Waals surface area contributed by atoms with Gasteiger partial charge in [0, 0.05) is 5.69 Å². The normalized spacial score (nSPS) is 10.6. The zero-order chi connectivity index (χ0) is 13.1. The number of nitrogens with one attached hydrogen (secondary N) is 1. The van der Waals surface area contributed by atoms with Crippen LogP contribution in [0.3, 0.4) is 0 Å². The molecule has 0 saturated carbocycles. The van der Waals surface area contributed by atoms with Crippen LogP contribution in [0.2, 0.25) is 0 Å². The average Bonchev–Trinajstić information content (AvgIpc) is 3.08. The number of nitrogens with zero attached hydrogens (tertiary/aromatic N) is 5. The Balaban J connectivity index is 1.78. The van der Waals surface area contributed by atoms with E-state index in [0.717, 1.165) is 23.0 Å². The molecule has 0 aliphatic heterocycles. The third-order valence-corrected chi connectivity index (χ3v) is 2.67. The predicted molar refractivity (Wildman–Crippen MR) is 67.7 cm³/mol. The standard InChI is InChI=1S/C12H12N6O/c1-9-15-16-17-18(9)11-4-2-3-10(5-11)14-7-12-6-13-8-19-12/h2-6,8,14H,7H2,1H3. The summed E-state index contributed by atoms with van der Waals surface area (Å²) >= 11 is 0. The monoisotopic (exact) mass is 256 g/mol. The van der Waals surface area contributed by atoms with Gasteiger partial charge in [-0.3, -0.25) is 0 Å². The number of anilines is 1. The molecular weight excluding hydrogens is 244 g/mol. The summed E-state index contributed by atoms with van der Waals surface area (Å²) in [6, 6.07) is 7.83. The summed E-state index contributed by atoms with van der Waals surface area (Å²) in [5.74, 6) is 1.52. The van der Waals surface area contributed by atoms with Gasteiger partial charge in [-0.1, -0.05) is 6.07 Å². The third-order valence-electron chi connectivity index (χ3n) is 2.67. The van der Waals surface area contributed by atoms with Gasteiger partial charge in [-0.05, 0) is 35.5 Å². The quantitative estimate of drug-likeness (QED) is 0.763. The fourth-order valence-corrected chi connectivity index (χ4v) is 1.74. The Morgan fingerprint density at radius 3 is 3.05 bits per heavy atom. The van der Waals surface area contributed by atoms with E-state index in [1.807, 2.05) is 31.2 Å². The summed E-state index contributed by atoms with van der Waals surface area (Å²) in [4.78, 5) is 3.87. The highest BCUT2D eigenvalue weighted by atomic mass is 16.3. The van der Waals surface area contributed by atoms with Gasteiger partial charge < -0.3 is 9.73 Å². The van der Waals surface area contributed by atoms with Gasteiger partial charge in [0.1, 0.15) is 5.76 Å². The number of rotatable bonds is 4. The number of tetrazole rings is 1. The van der Waals surface area contributed by atoms with Crippen molar-refractivity contribution in [2.24, 2.45) is 0 Å². The zero-order valence-corrected chi connectivity index (χ0v) is 10.3. The minimum atomic E-state index is 0.581. The number of hydrogen-bond donors (Lipinski definition) is 1. The van der Waals surface area contributed by atoms with Gasteiger partial charge in [-0.2, -0.15) is 4.68 Å². The van der Waals surface area contributed by atoms with E-state index in [9.17, 15) is 0 Å². The van der Waals surface area contributed by atoms with Gasteiger partial charge in [0.25, 0.3) is 0 Å². The lowest BCUT2D eigenvalue weighted by Crippen LogP contribution is -2.02. The summed E-state index contributed by atoms with van der Waals surface area (Å²) < 4.78 is 6.85. The first kappa shape index (κ1) is 11.4. The van der Waals surface area contributed by atoms with Gasteiger partial charge in [0.15, 0.2) is 12.2 Å². The van der Waals surface area contributed by atoms with Crippen molar-refractivity contribution >= 4 is 5.69 Å². The second-order valence-electron chi connectivity index (χ2n) is 4.01. The summed E-state index contributed by atoms with van der Waals surface area (Å²) in [6.45, 7) is 2.44. The summed E-state index contributed by atoms with van der Waals surface area (Å²) in [7, 11) is 0. The third kappa shape index (κ3) is 2.44. The maximum Gasteiger partial charge on any atom is 0.180 e. The topological polar surface area (TPSA) is 81.7 Å². The van der Waals surface area contributed by atoms with Gasteiger partial charge in [-0.25, -0.2) is 4.98 Å². The highest BCUT2D eigenvalue weighted by molar-refractivity contribution is 5.50. The molecule has 7 nitrogen and oxygen atoms in total. The first-order valence-corrected chi connectivity index (χ1v) is 5.79. The van der Waals surface area contributed by atoms with E-state index < -0.39 is 0 Å². The van der Waals surface area contributed by atoms with Crippen molar-refractivity contribution in [3.63, 3.8) is 0 Å². The van der Waals surface area contributed by atoms with Crippen molar-refractivity contribution < 1.29 is 4.42 Å². The van der Waals surface area contributed by atoms with Crippen LogP contribution in [0.15, 0.2) is 41.3 Å². The van der Waals surface area contributed by atoms with Crippen LogP contribution < -0.4 is 5.32 Å². The highest BCUT2D eigenvalue weighted by Crippen LogP contribution is 2.15. The van der Waals surface area contributed by atoms with Crippen molar-refractivity contribution in [2.45, 2.75) is 13.5 Å². The molecule has 0 amide bonds. The average molecular weight is 256 g/mol. The molecule has 0 radical (unpaired) electrons. The van der Waals surface area contributed by atoms with Gasteiger partial charge in [0.2, 0.25) is 0 Å². The molecule has 0 unspecified atom stereocenters. The Morgan fingerprint density at radius 2 is 2.32 bits per heavy atom. The Kier molecular flexibility index (Phi) is 2.93. The van der Waals surface area contributed by atoms with E-state index in [2.05, 4.69) is 25.8 Å². The van der Waals surface area contributed by atoms with Crippen molar-refractivity contribution in [2.75, 3.05) is 5.32 Å². The first-order chi connectivity index (χ1) is 9.33. The molecule has 3 aromatic rings. The molecule has 0 spiro atoms. The van der Waals surface area contributed by atoms with Gasteiger partial charge in [0.05, 0.1) is 18.4 Å². The molecule has 0 bridgehead atoms. The van der Waals surface area contributed by atoms with Crippen molar-refractivity contribution in [1.29, 1.82) is 0 Å². The second kappa shape index (κ2) is 4.89. The molecule has 0 atom stereocenters. The Hall–Kier alpha value is -2.70. The van der Waals surface area contributed by atoms with Crippen LogP contribution in [0.1, 0.15) is 11.6 Å². The molecule has 0 fully saturated rings. The maximum absolute atomic E-state index is 5.17. The van der Waals surface area contributed by atoms with E-state index in [1.165, 1.54) is 6.39 Å². The molecule has 2 heterocycles. The summed E-state index contributed by atoms with van der Waals surface area (Å²) in [5, 5.41) is 14.7. The molecule has 19 heavy (non-hydrogen) atoms. The molecule has 1 aromatic carbocycles. The Bertz CT molecular complexity index is 660. The van der Waals surface area contributed by atoms with Gasteiger partial charge >= 0.3 is 0 Å². The lowest BCUT2D eigenvalue weighted by atomic mass is 10.2. The molecule has 3 rings (SSSR count). The molecule has 7 heteroatoms. The summed E-state index contributed by atoms with van der Waals surface area (Å²) in [6.07, 6.45) is 3.10. The van der Waals surface area contributed by atoms with E-state index in [4.69, 9.17) is 4.42 Å². The molecule has 0 saturated heterocycles. The first-order valence-electron chi connectivity index (χ1n) is 5.79. The van der Waals surface area contributed by atoms with Crippen molar-refractivity contribution in [3.05, 3.63) is 48.4 Å². The Labute approximate surface area is 109 Å². The van der Waals surface area contributed by atoms with Crippen molar-refractivity contribution in [1.82, 2.24) is 25.2 Å². The number of aryl methyl sites for hydroxylation is 1. The number of hydrogen-bond acceptors (Lipinski definition) is 6. The highest BCUT2D eigenvalue weighted by Gasteiger charge is 2.04. The molecule has 0 aliphatic rings. The number of oxazole rings is 1. The predicted octanol–water partition coefficient (Wildman–Crippen LogP) is 1.57. The zero-order valence-electron chi connectivity index (χ0n) is 10.3. The summed E-state index contributed by atoms with van der Waals surface area (Å²) in [5.41, 5.74) is 1.87. The van der Waals surface area contributed by atoms with Crippen LogP contribution in [0.25, 0.3) is 5.69 Å². The van der Waals surface area contributed by atoms with E-state index in [0.29, 0.717) is 6.54 Å². The van der Waals surface area contributed by atoms with Crippen LogP contribution in [0, 0.1) is 6.92 Å². The number of aromatic nitrogens is 5. The van der Waals surface area contributed by atoms with E-state index in [1.54, 1.807) is 10.9 Å². The smallest absolute Gasteiger partial charge is 0.180 e.